The summed E-state index contributed by atoms with van der Waals surface area (Å²) in [5.74, 6) is -1.34. The monoisotopic (exact) mass is 487 g/mol. The maximum absolute atomic E-state index is 13.4. The number of nitrogens with one attached hydrogen (secondary N) is 1. The van der Waals surface area contributed by atoms with Crippen LogP contribution in [0.3, 0.4) is 0 Å². The Morgan fingerprint density at radius 3 is 2.03 bits per heavy atom. The van der Waals surface area contributed by atoms with Crippen molar-refractivity contribution < 1.29 is 29.0 Å². The first-order valence-corrected chi connectivity index (χ1v) is 11.7. The number of carbonyl (C=O) groups is 3. The topological polar surface area (TPSA) is 102 Å². The zero-order valence-electron chi connectivity index (χ0n) is 20.1. The van der Waals surface area contributed by atoms with Crippen LogP contribution in [0.25, 0.3) is 0 Å². The highest BCUT2D eigenvalue weighted by Gasteiger charge is 2.46. The number of aliphatic carboxylic acids is 1. The van der Waals surface area contributed by atoms with Gasteiger partial charge >= 0.3 is 5.97 Å². The van der Waals surface area contributed by atoms with E-state index in [4.69, 9.17) is 26.2 Å². The number of benzene rings is 1. The number of ether oxygens (including phenoxy) is 2. The molecule has 2 N–H and O–H groups in total. The Labute approximate surface area is 204 Å². The summed E-state index contributed by atoms with van der Waals surface area (Å²) in [5.41, 5.74) is 3.18. The number of carbonyl (C=O) groups excluding carboxylic acids is 2. The summed E-state index contributed by atoms with van der Waals surface area (Å²) in [4.78, 5) is 37.9. The molecule has 1 aromatic rings. The van der Waals surface area contributed by atoms with Gasteiger partial charge in [-0.2, -0.15) is 0 Å². The fraction of sp³-hybridized carbons (Fsp3) is 0.500. The Morgan fingerprint density at radius 1 is 1.03 bits per heavy atom. The van der Waals surface area contributed by atoms with Gasteiger partial charge in [0, 0.05) is 41.3 Å². The fourth-order valence-corrected chi connectivity index (χ4v) is 5.68. The van der Waals surface area contributed by atoms with Gasteiger partial charge < -0.3 is 19.9 Å². The third kappa shape index (κ3) is 4.45. The van der Waals surface area contributed by atoms with Crippen LogP contribution in [0.15, 0.2) is 34.7 Å². The number of carboxylic acids is 1. The van der Waals surface area contributed by atoms with E-state index in [1.807, 2.05) is 0 Å². The largest absolute Gasteiger partial charge is 0.493 e. The van der Waals surface area contributed by atoms with E-state index in [0.29, 0.717) is 42.4 Å². The first kappa shape index (κ1) is 24.3. The van der Waals surface area contributed by atoms with Crippen molar-refractivity contribution in [3.8, 4) is 11.5 Å². The van der Waals surface area contributed by atoms with Crippen LogP contribution in [-0.2, 0) is 14.4 Å². The molecule has 0 bridgehead atoms. The van der Waals surface area contributed by atoms with Crippen LogP contribution in [0.2, 0.25) is 5.02 Å². The van der Waals surface area contributed by atoms with Gasteiger partial charge in [-0.15, -0.1) is 0 Å². The lowest BCUT2D eigenvalue weighted by molar-refractivity contribution is -0.139. The smallest absolute Gasteiger partial charge is 0.341 e. The molecule has 182 valence electrons. The van der Waals surface area contributed by atoms with E-state index >= 15 is 0 Å². The Balaban J connectivity index is 1.90. The van der Waals surface area contributed by atoms with Crippen LogP contribution >= 0.6 is 11.6 Å². The van der Waals surface area contributed by atoms with Crippen LogP contribution < -0.4 is 14.8 Å². The van der Waals surface area contributed by atoms with Crippen molar-refractivity contribution in [1.29, 1.82) is 0 Å². The van der Waals surface area contributed by atoms with Crippen LogP contribution in [0.1, 0.15) is 64.9 Å². The highest BCUT2D eigenvalue weighted by molar-refractivity contribution is 6.32. The molecule has 1 heterocycles. The molecule has 0 amide bonds. The first-order chi connectivity index (χ1) is 15.8. The molecule has 1 aromatic carbocycles. The van der Waals surface area contributed by atoms with Crippen molar-refractivity contribution in [3.63, 3.8) is 0 Å². The summed E-state index contributed by atoms with van der Waals surface area (Å²) in [6, 6.07) is 3.33. The summed E-state index contributed by atoms with van der Waals surface area (Å²) >= 11 is 6.51. The lowest BCUT2D eigenvalue weighted by Gasteiger charge is -2.44. The summed E-state index contributed by atoms with van der Waals surface area (Å²) in [7, 11) is 1.43. The molecule has 4 rings (SSSR count). The highest BCUT2D eigenvalue weighted by atomic mass is 35.5. The molecule has 3 aliphatic rings. The number of ketones is 2. The van der Waals surface area contributed by atoms with Crippen molar-refractivity contribution in [2.24, 2.45) is 10.8 Å². The van der Waals surface area contributed by atoms with Crippen LogP contribution in [-0.4, -0.2) is 36.4 Å². The minimum atomic E-state index is -1.14. The molecule has 1 aliphatic heterocycles. The van der Waals surface area contributed by atoms with Gasteiger partial charge in [-0.25, -0.2) is 4.79 Å². The van der Waals surface area contributed by atoms with Crippen molar-refractivity contribution in [3.05, 3.63) is 45.3 Å². The lowest BCUT2D eigenvalue weighted by Crippen LogP contribution is -2.42. The minimum Gasteiger partial charge on any atom is -0.493 e. The predicted octanol–water partition coefficient (Wildman–Crippen LogP) is 4.79. The zero-order chi connectivity index (χ0) is 25.0. The van der Waals surface area contributed by atoms with Crippen molar-refractivity contribution in [1.82, 2.24) is 5.32 Å². The highest BCUT2D eigenvalue weighted by Crippen LogP contribution is 2.52. The molecule has 0 unspecified atom stereocenters. The molecule has 0 atom stereocenters. The summed E-state index contributed by atoms with van der Waals surface area (Å²) < 4.78 is 10.8. The second-order valence-corrected chi connectivity index (χ2v) is 11.3. The van der Waals surface area contributed by atoms with Gasteiger partial charge in [-0.1, -0.05) is 39.3 Å². The number of rotatable bonds is 5. The molecule has 0 saturated heterocycles. The van der Waals surface area contributed by atoms with Gasteiger partial charge in [-0.05, 0) is 41.4 Å². The summed E-state index contributed by atoms with van der Waals surface area (Å²) in [6.07, 6.45) is 2.16. The quantitative estimate of drug-likeness (QED) is 0.615. The molecule has 8 heteroatoms. The molecular weight excluding hydrogens is 458 g/mol. The average molecular weight is 488 g/mol. The van der Waals surface area contributed by atoms with Crippen molar-refractivity contribution in [2.45, 2.75) is 59.3 Å². The molecule has 0 spiro atoms. The lowest BCUT2D eigenvalue weighted by atomic mass is 9.64. The van der Waals surface area contributed by atoms with Gasteiger partial charge in [-0.3, -0.25) is 9.59 Å². The standard InChI is InChI=1S/C26H30ClNO6/c1-25(2)8-15-22(17(29)10-25)21(23-16(28-15)9-26(3,4)11-18(23)30)13-6-14(27)24(19(7-13)33-5)34-12-20(31)32/h6-7,21,28H,8-12H2,1-5H3,(H,31,32). The molecular formula is C26H30ClNO6. The Morgan fingerprint density at radius 2 is 1.56 bits per heavy atom. The van der Waals surface area contributed by atoms with Gasteiger partial charge in [0.15, 0.2) is 29.7 Å². The van der Waals surface area contributed by atoms with E-state index < -0.39 is 18.5 Å². The molecule has 0 aromatic heterocycles. The molecule has 0 radical (unpaired) electrons. The summed E-state index contributed by atoms with van der Waals surface area (Å²) in [5, 5.41) is 12.6. The van der Waals surface area contributed by atoms with Crippen molar-refractivity contribution >= 4 is 29.1 Å². The zero-order valence-corrected chi connectivity index (χ0v) is 20.9. The van der Waals surface area contributed by atoms with E-state index in [2.05, 4.69) is 33.0 Å². The first-order valence-electron chi connectivity index (χ1n) is 11.3. The predicted molar refractivity (Wildman–Crippen MR) is 127 cm³/mol. The fourth-order valence-electron chi connectivity index (χ4n) is 5.40. The van der Waals surface area contributed by atoms with E-state index in [1.165, 1.54) is 7.11 Å². The molecule has 2 aliphatic carbocycles. The second-order valence-electron chi connectivity index (χ2n) is 10.9. The normalized spacial score (nSPS) is 21.6. The van der Waals surface area contributed by atoms with Gasteiger partial charge in [0.2, 0.25) is 0 Å². The Bertz CT molecular complexity index is 1110. The second kappa shape index (κ2) is 8.45. The van der Waals surface area contributed by atoms with Crippen LogP contribution in [0, 0.1) is 10.8 Å². The maximum Gasteiger partial charge on any atom is 0.341 e. The molecule has 0 saturated carbocycles. The SMILES string of the molecule is COc1cc(C2C3=C(CC(C)(C)CC3=O)NC3=C2C(=O)CC(C)(C)C3)cc(Cl)c1OCC(=O)O. The number of halogens is 1. The maximum atomic E-state index is 13.4. The van der Waals surface area contributed by atoms with E-state index in [1.54, 1.807) is 12.1 Å². The van der Waals surface area contributed by atoms with E-state index in [0.717, 1.165) is 11.4 Å². The van der Waals surface area contributed by atoms with Gasteiger partial charge in [0.05, 0.1) is 12.1 Å². The molecule has 7 nitrogen and oxygen atoms in total. The third-order valence-corrected chi connectivity index (χ3v) is 6.92. The minimum absolute atomic E-state index is 0.00854. The number of dihydropyridines is 1. The third-order valence-electron chi connectivity index (χ3n) is 6.64. The van der Waals surface area contributed by atoms with Crippen molar-refractivity contribution in [2.75, 3.05) is 13.7 Å². The molecule has 34 heavy (non-hydrogen) atoms. The van der Waals surface area contributed by atoms with Gasteiger partial charge in [0.25, 0.3) is 0 Å². The summed E-state index contributed by atoms with van der Waals surface area (Å²) in [6.45, 7) is 7.70. The Kier molecular flexibility index (Phi) is 6.05. The van der Waals surface area contributed by atoms with E-state index in [9.17, 15) is 14.4 Å². The number of hydrogen-bond donors (Lipinski definition) is 2. The van der Waals surface area contributed by atoms with E-state index in [-0.39, 0.29) is 38.9 Å². The van der Waals surface area contributed by atoms with Crippen LogP contribution in [0.4, 0.5) is 0 Å². The number of allylic oxidation sites excluding steroid dienone is 4. The Hall–Kier alpha value is -2.80. The van der Waals surface area contributed by atoms with Crippen LogP contribution in [0.5, 0.6) is 11.5 Å². The molecule has 0 fully saturated rings. The number of Topliss-reactive ketones (excluding diaryl/α,β-unsaturated/α-hetero) is 2. The number of carboxylic acid groups (broad SMARTS) is 1. The number of methoxy groups -OCH3 is 1. The number of hydrogen-bond acceptors (Lipinski definition) is 6. The van der Waals surface area contributed by atoms with Gasteiger partial charge in [0.1, 0.15) is 0 Å². The average Bonchev–Trinajstić information content (AvgIpc) is 2.68.